The van der Waals surface area contributed by atoms with E-state index in [0.717, 1.165) is 24.5 Å². The normalized spacial score (nSPS) is 12.9. The highest BCUT2D eigenvalue weighted by Crippen LogP contribution is 2.16. The van der Waals surface area contributed by atoms with Crippen molar-refractivity contribution in [1.29, 1.82) is 0 Å². The minimum absolute atomic E-state index is 0. The van der Waals surface area contributed by atoms with E-state index in [0.29, 0.717) is 18.0 Å². The van der Waals surface area contributed by atoms with E-state index in [-0.39, 0.29) is 30.6 Å². The average Bonchev–Trinajstić information content (AvgIpc) is 3.15. The van der Waals surface area contributed by atoms with Gasteiger partial charge in [0.1, 0.15) is 6.61 Å². The molecule has 0 amide bonds. The fourth-order valence-electron chi connectivity index (χ4n) is 2.56. The van der Waals surface area contributed by atoms with Crippen molar-refractivity contribution in [2.75, 3.05) is 20.2 Å². The maximum atomic E-state index is 12.1. The zero-order chi connectivity index (χ0) is 20.4. The molecule has 0 radical (unpaired) electrons. The van der Waals surface area contributed by atoms with E-state index in [1.54, 1.807) is 30.5 Å². The summed E-state index contributed by atoms with van der Waals surface area (Å²) in [7, 11) is 1.72. The molecule has 0 aliphatic rings. The predicted octanol–water partition coefficient (Wildman–Crippen LogP) is 4.99. The van der Waals surface area contributed by atoms with E-state index in [2.05, 4.69) is 44.8 Å². The molecule has 1 aromatic heterocycles. The smallest absolute Gasteiger partial charge is 0.367 e. The molecule has 2 N–H and O–H groups in total. The number of nitrogens with one attached hydrogen (secondary N) is 2. The van der Waals surface area contributed by atoms with Crippen molar-refractivity contribution in [3.8, 4) is 0 Å². The lowest BCUT2D eigenvalue weighted by Gasteiger charge is -2.16. The van der Waals surface area contributed by atoms with Gasteiger partial charge in [0.15, 0.2) is 5.96 Å². The Kier molecular flexibility index (Phi) is 11.6. The molecule has 1 unspecified atom stereocenters. The summed E-state index contributed by atoms with van der Waals surface area (Å²) in [6, 6.07) is 11.5. The number of aliphatic imine (C=N–C) groups is 1. The molecule has 0 saturated heterocycles. The summed E-state index contributed by atoms with van der Waals surface area (Å²) in [5, 5.41) is 8.65. The van der Waals surface area contributed by atoms with E-state index in [1.807, 2.05) is 12.1 Å². The van der Waals surface area contributed by atoms with Gasteiger partial charge in [-0.05, 0) is 34.9 Å². The Bertz CT molecular complexity index is 722. The van der Waals surface area contributed by atoms with Crippen LogP contribution in [0.5, 0.6) is 0 Å². The molecular weight excluding hydrogens is 514 g/mol. The Morgan fingerprint density at radius 1 is 1.14 bits per heavy atom. The first kappa shape index (κ1) is 25.7. The molecule has 1 atom stereocenters. The van der Waals surface area contributed by atoms with Crippen LogP contribution in [0.2, 0.25) is 0 Å². The second-order valence-electron chi connectivity index (χ2n) is 6.62. The topological polar surface area (TPSA) is 45.7 Å². The van der Waals surface area contributed by atoms with Crippen LogP contribution in [-0.4, -0.2) is 32.3 Å². The van der Waals surface area contributed by atoms with Gasteiger partial charge in [-0.3, -0.25) is 4.99 Å². The molecule has 2 aromatic rings. The number of thiophene rings is 1. The number of rotatable bonds is 9. The summed E-state index contributed by atoms with van der Waals surface area (Å²) >= 11 is 1.77. The lowest BCUT2D eigenvalue weighted by atomic mass is 10.1. The first-order valence-corrected chi connectivity index (χ1v) is 9.93. The predicted molar refractivity (Wildman–Crippen MR) is 123 cm³/mol. The van der Waals surface area contributed by atoms with Crippen LogP contribution in [0.3, 0.4) is 0 Å². The number of alkyl halides is 3. The van der Waals surface area contributed by atoms with Gasteiger partial charge in [0.25, 0.3) is 0 Å². The van der Waals surface area contributed by atoms with Crippen LogP contribution in [0.1, 0.15) is 22.9 Å². The third-order valence-corrected chi connectivity index (χ3v) is 4.89. The number of benzene rings is 1. The van der Waals surface area contributed by atoms with Crippen molar-refractivity contribution in [1.82, 2.24) is 10.6 Å². The van der Waals surface area contributed by atoms with E-state index in [9.17, 15) is 13.2 Å². The lowest BCUT2D eigenvalue weighted by molar-refractivity contribution is -0.176. The highest BCUT2D eigenvalue weighted by Gasteiger charge is 2.27. The molecule has 0 aliphatic heterocycles. The zero-order valence-corrected chi connectivity index (χ0v) is 19.6. The van der Waals surface area contributed by atoms with Gasteiger partial charge in [-0.25, -0.2) is 0 Å². The highest BCUT2D eigenvalue weighted by atomic mass is 127. The maximum absolute atomic E-state index is 12.1. The summed E-state index contributed by atoms with van der Waals surface area (Å²) in [6.45, 7) is 2.29. The van der Waals surface area contributed by atoms with Crippen LogP contribution >= 0.6 is 35.3 Å². The van der Waals surface area contributed by atoms with E-state index in [4.69, 9.17) is 0 Å². The monoisotopic (exact) mass is 541 g/mol. The molecule has 4 nitrogen and oxygen atoms in total. The van der Waals surface area contributed by atoms with Crippen molar-refractivity contribution in [3.05, 3.63) is 57.8 Å². The summed E-state index contributed by atoms with van der Waals surface area (Å²) in [5.41, 5.74) is 1.71. The van der Waals surface area contributed by atoms with Crippen molar-refractivity contribution in [2.24, 2.45) is 10.9 Å². The van der Waals surface area contributed by atoms with E-state index >= 15 is 0 Å². The van der Waals surface area contributed by atoms with Gasteiger partial charge in [-0.15, -0.1) is 35.3 Å². The van der Waals surface area contributed by atoms with E-state index < -0.39 is 12.8 Å². The summed E-state index contributed by atoms with van der Waals surface area (Å²) in [4.78, 5) is 5.60. The molecule has 162 valence electrons. The zero-order valence-electron chi connectivity index (χ0n) is 16.5. The van der Waals surface area contributed by atoms with Gasteiger partial charge in [0.2, 0.25) is 0 Å². The summed E-state index contributed by atoms with van der Waals surface area (Å²) in [5.74, 6) is 1.20. The van der Waals surface area contributed by atoms with Crippen molar-refractivity contribution < 1.29 is 17.9 Å². The molecule has 1 heterocycles. The lowest BCUT2D eigenvalue weighted by Crippen LogP contribution is -2.39. The molecule has 2 rings (SSSR count). The van der Waals surface area contributed by atoms with Gasteiger partial charge in [0, 0.05) is 25.0 Å². The van der Waals surface area contributed by atoms with Gasteiger partial charge >= 0.3 is 6.18 Å². The SMILES string of the molecule is CN=C(NCc1ccc(COCC(F)(F)F)cc1)NCC(C)Cc1cccs1.I. The Hall–Kier alpha value is -1.33. The van der Waals surface area contributed by atoms with Crippen LogP contribution < -0.4 is 10.6 Å². The van der Waals surface area contributed by atoms with Gasteiger partial charge < -0.3 is 15.4 Å². The molecule has 0 aliphatic carbocycles. The fourth-order valence-corrected chi connectivity index (χ4v) is 3.43. The second kappa shape index (κ2) is 13.1. The van der Waals surface area contributed by atoms with Crippen LogP contribution in [0.15, 0.2) is 46.8 Å². The minimum atomic E-state index is -4.30. The second-order valence-corrected chi connectivity index (χ2v) is 7.65. The molecule has 0 saturated carbocycles. The van der Waals surface area contributed by atoms with Gasteiger partial charge in [0.05, 0.1) is 6.61 Å². The molecular formula is C20H27F3IN3OS. The van der Waals surface area contributed by atoms with E-state index in [1.165, 1.54) is 4.88 Å². The quantitative estimate of drug-likeness (QED) is 0.267. The fraction of sp³-hybridized carbons (Fsp3) is 0.450. The van der Waals surface area contributed by atoms with Gasteiger partial charge in [-0.2, -0.15) is 13.2 Å². The maximum Gasteiger partial charge on any atom is 0.411 e. The first-order valence-electron chi connectivity index (χ1n) is 9.05. The van der Waals surface area contributed by atoms with Crippen molar-refractivity contribution in [3.63, 3.8) is 0 Å². The third-order valence-electron chi connectivity index (χ3n) is 3.99. The molecule has 0 fully saturated rings. The Morgan fingerprint density at radius 2 is 1.83 bits per heavy atom. The number of hydrogen-bond donors (Lipinski definition) is 2. The Labute approximate surface area is 191 Å². The van der Waals surface area contributed by atoms with Gasteiger partial charge in [-0.1, -0.05) is 37.3 Å². The minimum Gasteiger partial charge on any atom is -0.367 e. The standard InChI is InChI=1S/C20H26F3N3OS.HI/c1-15(10-18-4-3-9-28-18)11-25-19(24-2)26-12-16-5-7-17(8-6-16)13-27-14-20(21,22)23;/h3-9,15H,10-14H2,1-2H3,(H2,24,25,26);1H. The molecule has 0 spiro atoms. The van der Waals surface area contributed by atoms with Crippen LogP contribution in [-0.2, 0) is 24.3 Å². The summed E-state index contributed by atoms with van der Waals surface area (Å²) in [6.07, 6.45) is -3.27. The molecule has 0 bridgehead atoms. The van der Waals surface area contributed by atoms with Crippen LogP contribution in [0.4, 0.5) is 13.2 Å². The van der Waals surface area contributed by atoms with Crippen LogP contribution in [0, 0.1) is 5.92 Å². The largest absolute Gasteiger partial charge is 0.411 e. The molecule has 1 aromatic carbocycles. The number of nitrogens with zero attached hydrogens (tertiary/aromatic N) is 1. The first-order chi connectivity index (χ1) is 13.4. The van der Waals surface area contributed by atoms with Crippen molar-refractivity contribution >= 4 is 41.3 Å². The average molecular weight is 541 g/mol. The number of halogens is 4. The highest BCUT2D eigenvalue weighted by molar-refractivity contribution is 14.0. The Morgan fingerprint density at radius 3 is 2.41 bits per heavy atom. The Balaban J connectivity index is 0.00000420. The molecule has 29 heavy (non-hydrogen) atoms. The molecule has 9 heteroatoms. The van der Waals surface area contributed by atoms with Crippen molar-refractivity contribution in [2.45, 2.75) is 32.7 Å². The number of hydrogen-bond acceptors (Lipinski definition) is 3. The van der Waals surface area contributed by atoms with Crippen LogP contribution in [0.25, 0.3) is 0 Å². The number of ether oxygens (including phenoxy) is 1. The number of guanidine groups is 1. The third kappa shape index (κ3) is 10.9. The summed E-state index contributed by atoms with van der Waals surface area (Å²) < 4.78 is 40.9.